The lowest BCUT2D eigenvalue weighted by molar-refractivity contribution is 0.411. The van der Waals surface area contributed by atoms with Gasteiger partial charge in [0.25, 0.3) is 0 Å². The molecule has 8 heteroatoms. The number of anilines is 1. The zero-order valence-electron chi connectivity index (χ0n) is 16.1. The molecule has 8 nitrogen and oxygen atoms in total. The highest BCUT2D eigenvalue weighted by molar-refractivity contribution is 5.61. The standard InChI is InChI=1S/C21H20N6O2/c1-28-17-7-5-6-16(10-17)18-13-23-26-21(25-18)22-11-15-12-24-27(14-15)19-8-3-4-9-20(19)29-2/h3-10,12-14H,11H2,1-2H3,(H,22,25,26). The van der Waals surface area contributed by atoms with Gasteiger partial charge in [-0.3, -0.25) is 0 Å². The maximum atomic E-state index is 5.40. The van der Waals surface area contributed by atoms with Crippen molar-refractivity contribution < 1.29 is 9.47 Å². The van der Waals surface area contributed by atoms with Crippen LogP contribution in [0.15, 0.2) is 67.1 Å². The molecule has 0 fully saturated rings. The molecule has 146 valence electrons. The fourth-order valence-corrected chi connectivity index (χ4v) is 2.88. The largest absolute Gasteiger partial charge is 0.497 e. The molecule has 0 unspecified atom stereocenters. The summed E-state index contributed by atoms with van der Waals surface area (Å²) in [6, 6.07) is 15.4. The van der Waals surface area contributed by atoms with Crippen LogP contribution in [-0.4, -0.2) is 39.2 Å². The summed E-state index contributed by atoms with van der Waals surface area (Å²) in [4.78, 5) is 4.54. The molecule has 1 N–H and O–H groups in total. The molecule has 4 rings (SSSR count). The summed E-state index contributed by atoms with van der Waals surface area (Å²) in [6.07, 6.45) is 5.35. The van der Waals surface area contributed by atoms with Gasteiger partial charge in [0, 0.05) is 23.9 Å². The Balaban J connectivity index is 1.48. The fourth-order valence-electron chi connectivity index (χ4n) is 2.88. The molecular formula is C21H20N6O2. The Kier molecular flexibility index (Phi) is 5.33. The number of para-hydroxylation sites is 2. The van der Waals surface area contributed by atoms with Crippen LogP contribution in [0.2, 0.25) is 0 Å². The fraction of sp³-hybridized carbons (Fsp3) is 0.143. The SMILES string of the molecule is COc1cccc(-c2cnnc(NCc3cnn(-c4ccccc4OC)c3)n2)c1. The van der Waals surface area contributed by atoms with Gasteiger partial charge in [0.1, 0.15) is 17.2 Å². The summed E-state index contributed by atoms with van der Waals surface area (Å²) in [6.45, 7) is 0.512. The van der Waals surface area contributed by atoms with E-state index in [0.717, 1.165) is 28.3 Å². The lowest BCUT2D eigenvalue weighted by Crippen LogP contribution is -2.05. The van der Waals surface area contributed by atoms with Gasteiger partial charge in [-0.25, -0.2) is 9.67 Å². The van der Waals surface area contributed by atoms with Crippen molar-refractivity contribution in [2.45, 2.75) is 6.54 Å². The normalized spacial score (nSPS) is 10.6. The third-order valence-corrected chi connectivity index (χ3v) is 4.34. The number of ether oxygens (including phenoxy) is 2. The Morgan fingerprint density at radius 2 is 1.90 bits per heavy atom. The summed E-state index contributed by atoms with van der Waals surface area (Å²) < 4.78 is 12.4. The highest BCUT2D eigenvalue weighted by Crippen LogP contribution is 2.23. The number of nitrogens with one attached hydrogen (secondary N) is 1. The first kappa shape index (κ1) is 18.4. The van der Waals surface area contributed by atoms with Crippen LogP contribution in [0.4, 0.5) is 5.95 Å². The average molecular weight is 388 g/mol. The zero-order chi connectivity index (χ0) is 20.1. The van der Waals surface area contributed by atoms with E-state index < -0.39 is 0 Å². The van der Waals surface area contributed by atoms with E-state index in [1.165, 1.54) is 0 Å². The minimum absolute atomic E-state index is 0.440. The molecule has 0 saturated heterocycles. The van der Waals surface area contributed by atoms with Gasteiger partial charge in [-0.2, -0.15) is 10.2 Å². The summed E-state index contributed by atoms with van der Waals surface area (Å²) in [7, 11) is 3.28. The molecule has 0 aliphatic rings. The molecular weight excluding hydrogens is 368 g/mol. The second-order valence-electron chi connectivity index (χ2n) is 6.22. The van der Waals surface area contributed by atoms with E-state index >= 15 is 0 Å². The van der Waals surface area contributed by atoms with Crippen LogP contribution in [0.5, 0.6) is 11.5 Å². The molecule has 0 aliphatic carbocycles. The number of rotatable bonds is 7. The van der Waals surface area contributed by atoms with Crippen LogP contribution >= 0.6 is 0 Å². The minimum Gasteiger partial charge on any atom is -0.497 e. The van der Waals surface area contributed by atoms with E-state index in [9.17, 15) is 0 Å². The van der Waals surface area contributed by atoms with Crippen molar-refractivity contribution in [1.82, 2.24) is 25.0 Å². The predicted octanol–water partition coefficient (Wildman–Crippen LogP) is 3.35. The molecule has 0 bridgehead atoms. The Hall–Kier alpha value is -3.94. The monoisotopic (exact) mass is 388 g/mol. The lowest BCUT2D eigenvalue weighted by Gasteiger charge is -2.07. The molecule has 0 spiro atoms. The van der Waals surface area contributed by atoms with Crippen LogP contribution in [-0.2, 0) is 6.54 Å². The van der Waals surface area contributed by atoms with Crippen LogP contribution in [0.25, 0.3) is 16.9 Å². The topological polar surface area (TPSA) is 87.0 Å². The molecule has 0 saturated carbocycles. The van der Waals surface area contributed by atoms with Gasteiger partial charge >= 0.3 is 0 Å². The Bertz CT molecular complexity index is 1110. The quantitative estimate of drug-likeness (QED) is 0.519. The molecule has 2 aromatic carbocycles. The van der Waals surface area contributed by atoms with Crippen LogP contribution < -0.4 is 14.8 Å². The molecule has 0 atom stereocenters. The van der Waals surface area contributed by atoms with Crippen molar-refractivity contribution in [3.05, 3.63) is 72.7 Å². The number of hydrogen-bond acceptors (Lipinski definition) is 7. The number of aromatic nitrogens is 5. The van der Waals surface area contributed by atoms with E-state index in [2.05, 4.69) is 25.6 Å². The first-order valence-corrected chi connectivity index (χ1v) is 9.02. The van der Waals surface area contributed by atoms with Gasteiger partial charge in [-0.15, -0.1) is 5.10 Å². The van der Waals surface area contributed by atoms with Crippen LogP contribution in [0, 0.1) is 0 Å². The smallest absolute Gasteiger partial charge is 0.243 e. The molecule has 29 heavy (non-hydrogen) atoms. The van der Waals surface area contributed by atoms with Gasteiger partial charge in [-0.05, 0) is 24.3 Å². The van der Waals surface area contributed by atoms with E-state index in [0.29, 0.717) is 18.2 Å². The Morgan fingerprint density at radius 3 is 2.76 bits per heavy atom. The van der Waals surface area contributed by atoms with Gasteiger partial charge in [0.05, 0.1) is 32.3 Å². The molecule has 0 radical (unpaired) electrons. The van der Waals surface area contributed by atoms with Crippen molar-refractivity contribution in [3.63, 3.8) is 0 Å². The summed E-state index contributed by atoms with van der Waals surface area (Å²) in [5.41, 5.74) is 3.47. The molecule has 4 aromatic rings. The molecule has 0 amide bonds. The number of benzene rings is 2. The third-order valence-electron chi connectivity index (χ3n) is 4.34. The maximum absolute atomic E-state index is 5.40. The van der Waals surface area contributed by atoms with Gasteiger partial charge < -0.3 is 14.8 Å². The highest BCUT2D eigenvalue weighted by Gasteiger charge is 2.08. The Morgan fingerprint density at radius 1 is 1.00 bits per heavy atom. The highest BCUT2D eigenvalue weighted by atomic mass is 16.5. The van der Waals surface area contributed by atoms with Gasteiger partial charge in [0.15, 0.2) is 0 Å². The van der Waals surface area contributed by atoms with E-state index in [1.54, 1.807) is 31.3 Å². The zero-order valence-corrected chi connectivity index (χ0v) is 16.1. The predicted molar refractivity (Wildman–Crippen MR) is 109 cm³/mol. The molecule has 2 heterocycles. The second-order valence-corrected chi connectivity index (χ2v) is 6.22. The second kappa shape index (κ2) is 8.39. The van der Waals surface area contributed by atoms with Crippen LogP contribution in [0.3, 0.4) is 0 Å². The first-order chi connectivity index (χ1) is 14.3. The van der Waals surface area contributed by atoms with E-state index in [4.69, 9.17) is 9.47 Å². The Labute approximate surface area is 168 Å². The number of methoxy groups -OCH3 is 2. The van der Waals surface area contributed by atoms with Crippen LogP contribution in [0.1, 0.15) is 5.56 Å². The van der Waals surface area contributed by atoms with E-state index in [-0.39, 0.29) is 0 Å². The van der Waals surface area contributed by atoms with Gasteiger partial charge in [-0.1, -0.05) is 24.3 Å². The van der Waals surface area contributed by atoms with Crippen molar-refractivity contribution >= 4 is 5.95 Å². The van der Waals surface area contributed by atoms with Gasteiger partial charge in [0.2, 0.25) is 5.95 Å². The summed E-state index contributed by atoms with van der Waals surface area (Å²) in [5.74, 6) is 1.96. The van der Waals surface area contributed by atoms with Crippen molar-refractivity contribution in [2.75, 3.05) is 19.5 Å². The lowest BCUT2D eigenvalue weighted by atomic mass is 10.1. The maximum Gasteiger partial charge on any atom is 0.243 e. The minimum atomic E-state index is 0.440. The summed E-state index contributed by atoms with van der Waals surface area (Å²) in [5, 5.41) is 15.7. The average Bonchev–Trinajstić information content (AvgIpc) is 3.27. The van der Waals surface area contributed by atoms with Crippen molar-refractivity contribution in [1.29, 1.82) is 0 Å². The third kappa shape index (κ3) is 4.16. The van der Waals surface area contributed by atoms with Crippen molar-refractivity contribution in [3.8, 4) is 28.4 Å². The molecule has 2 aromatic heterocycles. The first-order valence-electron chi connectivity index (χ1n) is 9.02. The van der Waals surface area contributed by atoms with E-state index in [1.807, 2.05) is 54.7 Å². The number of hydrogen-bond donors (Lipinski definition) is 1. The molecule has 0 aliphatic heterocycles. The number of nitrogens with zero attached hydrogens (tertiary/aromatic N) is 5. The van der Waals surface area contributed by atoms with Crippen molar-refractivity contribution in [2.24, 2.45) is 0 Å². The summed E-state index contributed by atoms with van der Waals surface area (Å²) >= 11 is 0.